The van der Waals surface area contributed by atoms with Gasteiger partial charge in [-0.05, 0) is 53.5 Å². The summed E-state index contributed by atoms with van der Waals surface area (Å²) in [5, 5.41) is 15.0. The average molecular weight is 551 g/mol. The van der Waals surface area contributed by atoms with E-state index in [2.05, 4.69) is 10.6 Å². The van der Waals surface area contributed by atoms with Crippen molar-refractivity contribution >= 4 is 29.8 Å². The van der Waals surface area contributed by atoms with Gasteiger partial charge in [-0.15, -0.1) is 0 Å². The number of nitrogens with zero attached hydrogens (tertiary/aromatic N) is 1. The van der Waals surface area contributed by atoms with Crippen molar-refractivity contribution in [2.75, 3.05) is 26.3 Å². The second kappa shape index (κ2) is 15.7. The molecule has 0 aliphatic rings. The molecule has 0 heterocycles. The summed E-state index contributed by atoms with van der Waals surface area (Å²) in [6, 6.07) is 2.87. The highest BCUT2D eigenvalue weighted by atomic mass is 16.6. The Morgan fingerprint density at radius 3 is 2.18 bits per heavy atom. The van der Waals surface area contributed by atoms with Crippen LogP contribution in [0.3, 0.4) is 0 Å². The number of aliphatic hydroxyl groups excluding tert-OH is 1. The molecule has 0 saturated heterocycles. The van der Waals surface area contributed by atoms with E-state index in [0.29, 0.717) is 5.56 Å². The van der Waals surface area contributed by atoms with Gasteiger partial charge in [0.2, 0.25) is 17.7 Å². The van der Waals surface area contributed by atoms with Gasteiger partial charge in [0.15, 0.2) is 0 Å². The number of carbonyl (C=O) groups is 5. The van der Waals surface area contributed by atoms with Crippen LogP contribution in [0.4, 0.5) is 4.79 Å². The molecule has 2 atom stereocenters. The minimum atomic E-state index is -1.28. The molecule has 12 nitrogen and oxygen atoms in total. The summed E-state index contributed by atoms with van der Waals surface area (Å²) >= 11 is 0. The van der Waals surface area contributed by atoms with Crippen molar-refractivity contribution in [3.8, 4) is 0 Å². The number of alkyl carbamates (subject to hydrolysis) is 1. The second-order valence-electron chi connectivity index (χ2n) is 10.1. The molecule has 0 aliphatic carbocycles. The molecule has 0 saturated carbocycles. The molecule has 218 valence electrons. The number of nitrogens with one attached hydrogen (secondary N) is 2. The molecule has 1 aromatic rings. The number of amides is 4. The maximum absolute atomic E-state index is 13.8. The molecule has 4 amide bonds. The van der Waals surface area contributed by atoms with Crippen LogP contribution in [0.1, 0.15) is 69.7 Å². The van der Waals surface area contributed by atoms with Gasteiger partial charge in [0, 0.05) is 19.5 Å². The Balaban J connectivity index is 3.43. The van der Waals surface area contributed by atoms with Crippen LogP contribution in [-0.4, -0.2) is 77.7 Å². The fraction of sp³-hybridized carbons (Fsp3) is 0.593. The molecule has 2 unspecified atom stereocenters. The molecular formula is C27H42N4O8. The Bertz CT molecular complexity index is 1000. The molecule has 0 radical (unpaired) electrons. The molecule has 0 spiro atoms. The fourth-order valence-electron chi connectivity index (χ4n) is 3.93. The number of esters is 1. The van der Waals surface area contributed by atoms with E-state index >= 15 is 0 Å². The number of primary amides is 1. The smallest absolute Gasteiger partial charge is 0.408 e. The van der Waals surface area contributed by atoms with E-state index in [-0.39, 0.29) is 39.0 Å². The van der Waals surface area contributed by atoms with Gasteiger partial charge in [-0.25, -0.2) is 4.79 Å². The van der Waals surface area contributed by atoms with Gasteiger partial charge in [0.25, 0.3) is 0 Å². The van der Waals surface area contributed by atoms with Crippen LogP contribution in [0, 0.1) is 13.8 Å². The van der Waals surface area contributed by atoms with Crippen LogP contribution in [-0.2, 0) is 28.7 Å². The number of ether oxygens (including phenoxy) is 2. The Morgan fingerprint density at radius 2 is 1.67 bits per heavy atom. The minimum absolute atomic E-state index is 0.0403. The first-order valence-corrected chi connectivity index (χ1v) is 12.9. The SMILES string of the molecule is CCOC(=O)CCNC(=O)C(c1cc(C)cc(C)c1)N(CCO)C(=O)C(CCC(N)=O)NC(=O)OC(C)(C)C. The van der Waals surface area contributed by atoms with Crippen LogP contribution in [0.25, 0.3) is 0 Å². The molecular weight excluding hydrogens is 508 g/mol. The third-order valence-corrected chi connectivity index (χ3v) is 5.35. The zero-order valence-corrected chi connectivity index (χ0v) is 23.7. The molecule has 0 aromatic heterocycles. The summed E-state index contributed by atoms with van der Waals surface area (Å²) in [6.07, 6.45) is -1.34. The van der Waals surface area contributed by atoms with E-state index in [1.807, 2.05) is 19.9 Å². The fourth-order valence-corrected chi connectivity index (χ4v) is 3.93. The van der Waals surface area contributed by atoms with Crippen LogP contribution >= 0.6 is 0 Å². The van der Waals surface area contributed by atoms with Crippen molar-refractivity contribution < 1.29 is 38.6 Å². The van der Waals surface area contributed by atoms with Gasteiger partial charge < -0.3 is 35.8 Å². The normalized spacial score (nSPS) is 12.6. The van der Waals surface area contributed by atoms with Crippen LogP contribution < -0.4 is 16.4 Å². The number of hydrogen-bond acceptors (Lipinski definition) is 8. The van der Waals surface area contributed by atoms with E-state index in [1.54, 1.807) is 39.8 Å². The average Bonchev–Trinajstić information content (AvgIpc) is 2.79. The van der Waals surface area contributed by atoms with E-state index in [4.69, 9.17) is 15.2 Å². The predicted octanol–water partition coefficient (Wildman–Crippen LogP) is 1.39. The number of carbonyl (C=O) groups excluding carboxylic acids is 5. The summed E-state index contributed by atoms with van der Waals surface area (Å²) in [5.41, 5.74) is 6.58. The molecule has 1 rings (SSSR count). The lowest BCUT2D eigenvalue weighted by atomic mass is 9.98. The number of benzene rings is 1. The first-order chi connectivity index (χ1) is 18.2. The minimum Gasteiger partial charge on any atom is -0.466 e. The van der Waals surface area contributed by atoms with Gasteiger partial charge in [-0.2, -0.15) is 0 Å². The summed E-state index contributed by atoms with van der Waals surface area (Å²) in [7, 11) is 0. The largest absolute Gasteiger partial charge is 0.466 e. The summed E-state index contributed by atoms with van der Waals surface area (Å²) in [6.45, 7) is 9.72. The monoisotopic (exact) mass is 550 g/mol. The summed E-state index contributed by atoms with van der Waals surface area (Å²) < 4.78 is 10.2. The second-order valence-corrected chi connectivity index (χ2v) is 10.1. The Hall–Kier alpha value is -3.67. The first-order valence-electron chi connectivity index (χ1n) is 12.9. The maximum Gasteiger partial charge on any atom is 0.408 e. The van der Waals surface area contributed by atoms with Crippen molar-refractivity contribution in [2.45, 2.75) is 78.5 Å². The molecule has 39 heavy (non-hydrogen) atoms. The maximum atomic E-state index is 13.8. The molecule has 0 aliphatic heterocycles. The van der Waals surface area contributed by atoms with Crippen LogP contribution in [0.2, 0.25) is 0 Å². The van der Waals surface area contributed by atoms with Gasteiger partial charge >= 0.3 is 12.1 Å². The molecule has 0 fully saturated rings. The van der Waals surface area contributed by atoms with E-state index in [0.717, 1.165) is 16.0 Å². The van der Waals surface area contributed by atoms with Crippen LogP contribution in [0.5, 0.6) is 0 Å². The molecule has 0 bridgehead atoms. The van der Waals surface area contributed by atoms with Crippen molar-refractivity contribution in [3.63, 3.8) is 0 Å². The summed E-state index contributed by atoms with van der Waals surface area (Å²) in [4.78, 5) is 64.3. The topological polar surface area (TPSA) is 177 Å². The number of rotatable bonds is 14. The lowest BCUT2D eigenvalue weighted by Crippen LogP contribution is -2.54. The molecule has 12 heteroatoms. The highest BCUT2D eigenvalue weighted by Gasteiger charge is 2.36. The van der Waals surface area contributed by atoms with E-state index in [9.17, 15) is 29.1 Å². The molecule has 5 N–H and O–H groups in total. The third kappa shape index (κ3) is 12.2. The quantitative estimate of drug-likeness (QED) is 0.251. The standard InChI is InChI=1S/C27H42N4O8/c1-7-38-22(34)10-11-29-24(35)23(19-15-17(2)14-18(3)16-19)31(12-13-32)25(36)20(8-9-21(28)33)30-26(37)39-27(4,5)6/h14-16,20,23,32H,7-13H2,1-6H3,(H2,28,33)(H,29,35)(H,30,37). The lowest BCUT2D eigenvalue weighted by Gasteiger charge is -2.34. The zero-order valence-electron chi connectivity index (χ0n) is 23.7. The summed E-state index contributed by atoms with van der Waals surface area (Å²) in [5.74, 6) is -2.50. The first kappa shape index (κ1) is 33.4. The van der Waals surface area contributed by atoms with Gasteiger partial charge in [0.1, 0.15) is 17.7 Å². The number of nitrogens with two attached hydrogens (primary N) is 1. The third-order valence-electron chi connectivity index (χ3n) is 5.35. The molecule has 1 aromatic carbocycles. The number of aliphatic hydroxyl groups is 1. The van der Waals surface area contributed by atoms with Gasteiger partial charge in [0.05, 0.1) is 19.6 Å². The zero-order chi connectivity index (χ0) is 29.8. The Kier molecular flexibility index (Phi) is 13.4. The number of hydrogen-bond donors (Lipinski definition) is 4. The predicted molar refractivity (Wildman–Crippen MR) is 143 cm³/mol. The van der Waals surface area contributed by atoms with E-state index in [1.165, 1.54) is 0 Å². The van der Waals surface area contributed by atoms with Gasteiger partial charge in [-0.1, -0.05) is 29.3 Å². The van der Waals surface area contributed by atoms with Crippen molar-refractivity contribution in [1.29, 1.82) is 0 Å². The Labute approximate surface area is 229 Å². The highest BCUT2D eigenvalue weighted by Crippen LogP contribution is 2.25. The lowest BCUT2D eigenvalue weighted by molar-refractivity contribution is -0.144. The van der Waals surface area contributed by atoms with E-state index < -0.39 is 54.1 Å². The van der Waals surface area contributed by atoms with Crippen molar-refractivity contribution in [3.05, 3.63) is 34.9 Å². The van der Waals surface area contributed by atoms with Crippen molar-refractivity contribution in [2.24, 2.45) is 5.73 Å². The van der Waals surface area contributed by atoms with Crippen LogP contribution in [0.15, 0.2) is 18.2 Å². The Morgan fingerprint density at radius 1 is 1.05 bits per heavy atom. The highest BCUT2D eigenvalue weighted by molar-refractivity contribution is 5.92. The number of aryl methyl sites for hydroxylation is 2. The van der Waals surface area contributed by atoms with Gasteiger partial charge in [-0.3, -0.25) is 19.2 Å². The van der Waals surface area contributed by atoms with Crippen molar-refractivity contribution in [1.82, 2.24) is 15.5 Å².